The molecule has 3 aliphatic rings. The molecule has 3 amide bonds. The summed E-state index contributed by atoms with van der Waals surface area (Å²) in [5, 5.41) is 0. The number of carbonyl (C=O) groups excluding carboxylic acids is 3. The number of nitrogens with zero attached hydrogens (tertiary/aromatic N) is 5. The van der Waals surface area contributed by atoms with Gasteiger partial charge in [0.15, 0.2) is 18.0 Å². The van der Waals surface area contributed by atoms with Crippen LogP contribution in [0.15, 0.2) is 34.6 Å². The maximum Gasteiger partial charge on any atom is 0.328 e. The Morgan fingerprint density at radius 1 is 1.10 bits per heavy atom. The van der Waals surface area contributed by atoms with Crippen LogP contribution in [0, 0.1) is 13.8 Å². The summed E-state index contributed by atoms with van der Waals surface area (Å²) in [5.41, 5.74) is 5.12. The van der Waals surface area contributed by atoms with Gasteiger partial charge in [0.1, 0.15) is 0 Å². The molecule has 8 heteroatoms. The number of carbonyl (C=O) groups is 3. The lowest BCUT2D eigenvalue weighted by molar-refractivity contribution is -0.142. The molecule has 0 spiro atoms. The van der Waals surface area contributed by atoms with Gasteiger partial charge in [0, 0.05) is 18.4 Å². The number of hydrogen-bond acceptors (Lipinski definition) is 6. The molecular weight excluding hydrogens is 382 g/mol. The molecule has 8 nitrogen and oxygen atoms in total. The van der Waals surface area contributed by atoms with Crippen molar-refractivity contribution in [3.8, 4) is 0 Å². The SMILES string of the molecule is CC(=O)C(C)N1C(=O)C2C(N=C3N(c4cc(C)ccc4C)C(C)=C(C)N32)N(C)C1=O. The Kier molecular flexibility index (Phi) is 4.48. The Labute approximate surface area is 176 Å². The molecule has 4 rings (SSSR count). The second kappa shape index (κ2) is 6.68. The minimum atomic E-state index is -0.819. The summed E-state index contributed by atoms with van der Waals surface area (Å²) in [6.07, 6.45) is -0.633. The average molecular weight is 409 g/mol. The number of guanidine groups is 1. The molecule has 3 atom stereocenters. The molecule has 3 unspecified atom stereocenters. The van der Waals surface area contributed by atoms with Crippen LogP contribution in [0.4, 0.5) is 10.5 Å². The van der Waals surface area contributed by atoms with Gasteiger partial charge in [-0.3, -0.25) is 24.3 Å². The molecule has 3 heterocycles. The Hall–Kier alpha value is -3.16. The summed E-state index contributed by atoms with van der Waals surface area (Å²) >= 11 is 0. The normalized spacial score (nSPS) is 24.4. The zero-order valence-corrected chi connectivity index (χ0v) is 18.4. The number of hydrogen-bond donors (Lipinski definition) is 0. The summed E-state index contributed by atoms with van der Waals surface area (Å²) in [4.78, 5) is 49.6. The number of aryl methyl sites for hydroxylation is 2. The predicted octanol–water partition coefficient (Wildman–Crippen LogP) is 2.61. The topological polar surface area (TPSA) is 76.5 Å². The van der Waals surface area contributed by atoms with E-state index in [0.717, 1.165) is 33.1 Å². The molecule has 158 valence electrons. The molecule has 0 saturated carbocycles. The molecule has 30 heavy (non-hydrogen) atoms. The van der Waals surface area contributed by atoms with Gasteiger partial charge < -0.3 is 4.90 Å². The number of rotatable bonds is 3. The first-order valence-corrected chi connectivity index (χ1v) is 10.1. The highest BCUT2D eigenvalue weighted by Gasteiger charge is 2.57. The van der Waals surface area contributed by atoms with Gasteiger partial charge in [-0.15, -0.1) is 0 Å². The fourth-order valence-corrected chi connectivity index (χ4v) is 4.36. The van der Waals surface area contributed by atoms with E-state index in [9.17, 15) is 14.4 Å². The average Bonchev–Trinajstić information content (AvgIpc) is 3.18. The largest absolute Gasteiger partial charge is 0.328 e. The number of amides is 3. The van der Waals surface area contributed by atoms with Crippen molar-refractivity contribution in [1.82, 2.24) is 14.7 Å². The number of aliphatic imine (C=N–C) groups is 1. The molecule has 1 aromatic carbocycles. The first kappa shape index (κ1) is 20.1. The van der Waals surface area contributed by atoms with E-state index in [2.05, 4.69) is 23.1 Å². The van der Waals surface area contributed by atoms with Crippen LogP contribution in [0.2, 0.25) is 0 Å². The summed E-state index contributed by atoms with van der Waals surface area (Å²) < 4.78 is 0. The van der Waals surface area contributed by atoms with E-state index in [1.807, 2.05) is 32.6 Å². The Morgan fingerprint density at radius 2 is 1.77 bits per heavy atom. The van der Waals surface area contributed by atoms with Crippen molar-refractivity contribution in [1.29, 1.82) is 0 Å². The van der Waals surface area contributed by atoms with Crippen LogP contribution in [-0.2, 0) is 9.59 Å². The highest BCUT2D eigenvalue weighted by Crippen LogP contribution is 2.41. The fourth-order valence-electron chi connectivity index (χ4n) is 4.36. The van der Waals surface area contributed by atoms with Crippen LogP contribution < -0.4 is 4.90 Å². The highest BCUT2D eigenvalue weighted by molar-refractivity contribution is 6.11. The van der Waals surface area contributed by atoms with E-state index in [0.29, 0.717) is 5.96 Å². The van der Waals surface area contributed by atoms with Gasteiger partial charge in [-0.25, -0.2) is 9.79 Å². The Bertz CT molecular complexity index is 1040. The maximum absolute atomic E-state index is 13.4. The van der Waals surface area contributed by atoms with Gasteiger partial charge in [-0.05, 0) is 58.7 Å². The molecule has 0 aliphatic carbocycles. The van der Waals surface area contributed by atoms with E-state index in [4.69, 9.17) is 4.99 Å². The molecule has 1 fully saturated rings. The zero-order chi connectivity index (χ0) is 22.1. The van der Waals surface area contributed by atoms with Gasteiger partial charge in [0.25, 0.3) is 5.91 Å². The number of likely N-dealkylation sites (N-methyl/N-ethyl adjacent to an activating group) is 1. The van der Waals surface area contributed by atoms with Gasteiger partial charge >= 0.3 is 6.03 Å². The van der Waals surface area contributed by atoms with E-state index in [-0.39, 0.29) is 11.7 Å². The molecule has 0 aromatic heterocycles. The van der Waals surface area contributed by atoms with E-state index in [1.165, 1.54) is 11.8 Å². The number of ketones is 1. The minimum absolute atomic E-state index is 0.232. The number of fused-ring (bicyclic) bond motifs is 3. The number of benzene rings is 1. The van der Waals surface area contributed by atoms with Crippen molar-refractivity contribution in [2.45, 2.75) is 59.8 Å². The van der Waals surface area contributed by atoms with Crippen LogP contribution in [-0.4, -0.2) is 63.7 Å². The third-order valence-corrected chi connectivity index (χ3v) is 6.42. The van der Waals surface area contributed by atoms with Crippen molar-refractivity contribution in [2.75, 3.05) is 11.9 Å². The Balaban J connectivity index is 1.81. The van der Waals surface area contributed by atoms with Crippen molar-refractivity contribution in [3.63, 3.8) is 0 Å². The van der Waals surface area contributed by atoms with Crippen molar-refractivity contribution in [2.24, 2.45) is 4.99 Å². The number of urea groups is 1. The van der Waals surface area contributed by atoms with Gasteiger partial charge in [0.2, 0.25) is 5.96 Å². The summed E-state index contributed by atoms with van der Waals surface area (Å²) in [7, 11) is 1.63. The fraction of sp³-hybridized carbons (Fsp3) is 0.455. The lowest BCUT2D eigenvalue weighted by Gasteiger charge is -2.42. The smallest absolute Gasteiger partial charge is 0.302 e. The lowest BCUT2D eigenvalue weighted by atomic mass is 10.1. The minimum Gasteiger partial charge on any atom is -0.302 e. The van der Waals surface area contributed by atoms with Crippen molar-refractivity contribution >= 4 is 29.4 Å². The van der Waals surface area contributed by atoms with Gasteiger partial charge in [-0.1, -0.05) is 12.1 Å². The summed E-state index contributed by atoms with van der Waals surface area (Å²) in [6.45, 7) is 11.0. The molecule has 1 saturated heterocycles. The lowest BCUT2D eigenvalue weighted by Crippen LogP contribution is -2.67. The number of allylic oxidation sites excluding steroid dienone is 2. The first-order chi connectivity index (χ1) is 14.1. The third kappa shape index (κ3) is 2.59. The predicted molar refractivity (Wildman–Crippen MR) is 114 cm³/mol. The van der Waals surface area contributed by atoms with Crippen LogP contribution >= 0.6 is 0 Å². The second-order valence-corrected chi connectivity index (χ2v) is 8.34. The van der Waals surface area contributed by atoms with Crippen LogP contribution in [0.1, 0.15) is 38.8 Å². The van der Waals surface area contributed by atoms with Crippen molar-refractivity contribution in [3.05, 3.63) is 40.7 Å². The van der Waals surface area contributed by atoms with Gasteiger partial charge in [-0.2, -0.15) is 0 Å². The maximum atomic E-state index is 13.4. The highest BCUT2D eigenvalue weighted by atomic mass is 16.2. The molecular formula is C22H27N5O3. The van der Waals surface area contributed by atoms with Crippen molar-refractivity contribution < 1.29 is 14.4 Å². The third-order valence-electron chi connectivity index (χ3n) is 6.42. The van der Waals surface area contributed by atoms with E-state index < -0.39 is 24.3 Å². The standard InChI is InChI=1S/C22H27N5O3/c1-11-8-9-12(2)17(10-11)25-13(3)14(4)26-18-19(23-21(25)26)24(7)22(30)27(20(18)29)15(5)16(6)28/h8-10,15,18-19H,1-7H3. The molecule has 0 radical (unpaired) electrons. The molecule has 0 bridgehead atoms. The number of imide groups is 1. The number of Topliss-reactive ketones (excluding diaryl/α,β-unsaturated/α-hetero) is 1. The quantitative estimate of drug-likeness (QED) is 0.767. The van der Waals surface area contributed by atoms with Crippen LogP contribution in [0.25, 0.3) is 0 Å². The molecule has 0 N–H and O–H groups in total. The summed E-state index contributed by atoms with van der Waals surface area (Å²) in [5.74, 6) is 0.0168. The number of anilines is 1. The Morgan fingerprint density at radius 3 is 2.40 bits per heavy atom. The zero-order valence-electron chi connectivity index (χ0n) is 18.4. The van der Waals surface area contributed by atoms with E-state index in [1.54, 1.807) is 14.0 Å². The second-order valence-electron chi connectivity index (χ2n) is 8.34. The molecule has 3 aliphatic heterocycles. The van der Waals surface area contributed by atoms with Crippen LogP contribution in [0.5, 0.6) is 0 Å². The van der Waals surface area contributed by atoms with E-state index >= 15 is 0 Å². The first-order valence-electron chi connectivity index (χ1n) is 10.1. The van der Waals surface area contributed by atoms with Crippen LogP contribution in [0.3, 0.4) is 0 Å². The monoisotopic (exact) mass is 409 g/mol. The molecule has 1 aromatic rings. The van der Waals surface area contributed by atoms with Gasteiger partial charge in [0.05, 0.1) is 11.7 Å². The summed E-state index contributed by atoms with van der Waals surface area (Å²) in [6, 6.07) is 4.23.